The molecule has 0 aliphatic rings. The molecule has 0 unspecified atom stereocenters. The Morgan fingerprint density at radius 2 is 1.71 bits per heavy atom. The number of rotatable bonds is 8. The van der Waals surface area contributed by atoms with Gasteiger partial charge in [0.15, 0.2) is 11.3 Å². The van der Waals surface area contributed by atoms with Crippen LogP contribution in [0.2, 0.25) is 0 Å². The molecule has 128 valence electrons. The van der Waals surface area contributed by atoms with Crippen LogP contribution in [0.3, 0.4) is 0 Å². The normalized spacial score (nSPS) is 11.5. The first-order chi connectivity index (χ1) is 11.7. The molecule has 2 nitrogen and oxygen atoms in total. The third-order valence-corrected chi connectivity index (χ3v) is 5.37. The van der Waals surface area contributed by atoms with Crippen LogP contribution in [0, 0.1) is 0 Å². The topological polar surface area (TPSA) is 22.4 Å². The van der Waals surface area contributed by atoms with E-state index in [0.717, 1.165) is 49.7 Å². The molecule has 0 aliphatic heterocycles. The highest BCUT2D eigenvalue weighted by Gasteiger charge is 2.15. The van der Waals surface area contributed by atoms with Crippen molar-refractivity contribution in [2.75, 3.05) is 6.61 Å². The van der Waals surface area contributed by atoms with Gasteiger partial charge in [0, 0.05) is 15.2 Å². The lowest BCUT2D eigenvalue weighted by Crippen LogP contribution is -1.98. The highest BCUT2D eigenvalue weighted by Crippen LogP contribution is 2.40. The van der Waals surface area contributed by atoms with Gasteiger partial charge in [0.25, 0.3) is 0 Å². The van der Waals surface area contributed by atoms with Crippen molar-refractivity contribution >= 4 is 53.8 Å². The average molecular weight is 454 g/mol. The fourth-order valence-corrected chi connectivity index (χ4v) is 3.74. The summed E-state index contributed by atoms with van der Waals surface area (Å²) in [5.41, 5.74) is 1.71. The zero-order valence-corrected chi connectivity index (χ0v) is 17.1. The Labute approximate surface area is 159 Å². The van der Waals surface area contributed by atoms with Gasteiger partial charge in [-0.05, 0) is 52.7 Å². The molecular formula is C20H22Br2O2. The second-order valence-corrected chi connectivity index (χ2v) is 7.88. The highest BCUT2D eigenvalue weighted by molar-refractivity contribution is 9.10. The predicted octanol–water partition coefficient (Wildman–Crippen LogP) is 7.85. The van der Waals surface area contributed by atoms with Gasteiger partial charge in [-0.3, -0.25) is 0 Å². The number of halogens is 2. The minimum absolute atomic E-state index is 0.727. The molecule has 24 heavy (non-hydrogen) atoms. The summed E-state index contributed by atoms with van der Waals surface area (Å²) >= 11 is 7.13. The van der Waals surface area contributed by atoms with Gasteiger partial charge in [-0.1, -0.05) is 55.0 Å². The molecule has 0 spiro atoms. The van der Waals surface area contributed by atoms with Crippen LogP contribution in [0.4, 0.5) is 0 Å². The van der Waals surface area contributed by atoms with E-state index in [2.05, 4.69) is 50.9 Å². The van der Waals surface area contributed by atoms with E-state index in [1.54, 1.807) is 0 Å². The van der Waals surface area contributed by atoms with Crippen molar-refractivity contribution in [2.24, 2.45) is 0 Å². The molecule has 0 amide bonds. The Morgan fingerprint density at radius 1 is 0.917 bits per heavy atom. The molecule has 0 aliphatic carbocycles. The van der Waals surface area contributed by atoms with Crippen molar-refractivity contribution in [3.05, 3.63) is 39.3 Å². The Hall–Kier alpha value is -1.000. The SMILES string of the molecule is CCCCCCCCOc1c(Br)ccc2c1oc1ccc(Br)cc12. The first-order valence-corrected chi connectivity index (χ1v) is 10.2. The molecule has 3 aromatic rings. The predicted molar refractivity (Wildman–Crippen MR) is 108 cm³/mol. The van der Waals surface area contributed by atoms with E-state index in [-0.39, 0.29) is 0 Å². The largest absolute Gasteiger partial charge is 0.488 e. The molecule has 4 heteroatoms. The summed E-state index contributed by atoms with van der Waals surface area (Å²) in [6.45, 7) is 2.97. The molecule has 1 heterocycles. The van der Waals surface area contributed by atoms with E-state index in [9.17, 15) is 0 Å². The number of hydrogen-bond donors (Lipinski definition) is 0. The van der Waals surface area contributed by atoms with Gasteiger partial charge in [0.1, 0.15) is 5.58 Å². The summed E-state index contributed by atoms with van der Waals surface area (Å²) in [7, 11) is 0. The number of benzene rings is 2. The minimum atomic E-state index is 0.727. The monoisotopic (exact) mass is 452 g/mol. The molecule has 0 bridgehead atoms. The number of ether oxygens (including phenoxy) is 1. The van der Waals surface area contributed by atoms with Crippen LogP contribution in [-0.4, -0.2) is 6.61 Å². The Morgan fingerprint density at radius 3 is 2.54 bits per heavy atom. The van der Waals surface area contributed by atoms with E-state index in [1.165, 1.54) is 32.1 Å². The van der Waals surface area contributed by atoms with Crippen molar-refractivity contribution in [3.8, 4) is 5.75 Å². The molecule has 0 radical (unpaired) electrons. The van der Waals surface area contributed by atoms with Crippen LogP contribution in [0.15, 0.2) is 43.7 Å². The van der Waals surface area contributed by atoms with Crippen LogP contribution in [-0.2, 0) is 0 Å². The number of unbranched alkanes of at least 4 members (excludes halogenated alkanes) is 5. The second-order valence-electron chi connectivity index (χ2n) is 6.11. The number of furan rings is 1. The van der Waals surface area contributed by atoms with Crippen molar-refractivity contribution in [2.45, 2.75) is 45.4 Å². The lowest BCUT2D eigenvalue weighted by atomic mass is 10.1. The van der Waals surface area contributed by atoms with E-state index < -0.39 is 0 Å². The standard InChI is InChI=1S/C20H22Br2O2/c1-2-3-4-5-6-7-12-23-20-17(22)10-9-15-16-13-14(21)8-11-18(16)24-19(15)20/h8-11,13H,2-7,12H2,1H3. The summed E-state index contributed by atoms with van der Waals surface area (Å²) < 4.78 is 14.1. The van der Waals surface area contributed by atoms with Gasteiger partial charge in [0.05, 0.1) is 11.1 Å². The van der Waals surface area contributed by atoms with E-state index in [0.29, 0.717) is 0 Å². The third-order valence-electron chi connectivity index (χ3n) is 4.25. The zero-order chi connectivity index (χ0) is 16.9. The average Bonchev–Trinajstić information content (AvgIpc) is 2.93. The first kappa shape index (κ1) is 17.8. The summed E-state index contributed by atoms with van der Waals surface area (Å²) in [4.78, 5) is 0. The molecule has 3 rings (SSSR count). The molecule has 0 atom stereocenters. The molecule has 0 saturated carbocycles. The van der Waals surface area contributed by atoms with Gasteiger partial charge in [-0.25, -0.2) is 0 Å². The lowest BCUT2D eigenvalue weighted by Gasteiger charge is -2.08. The second kappa shape index (κ2) is 8.39. The highest BCUT2D eigenvalue weighted by atomic mass is 79.9. The summed E-state index contributed by atoms with van der Waals surface area (Å²) in [5, 5.41) is 2.20. The fourth-order valence-electron chi connectivity index (χ4n) is 2.95. The zero-order valence-electron chi connectivity index (χ0n) is 13.9. The van der Waals surface area contributed by atoms with Gasteiger partial charge in [0.2, 0.25) is 0 Å². The van der Waals surface area contributed by atoms with E-state index >= 15 is 0 Å². The summed E-state index contributed by atoms with van der Waals surface area (Å²) in [6, 6.07) is 10.2. The Kier molecular flexibility index (Phi) is 6.23. The minimum Gasteiger partial charge on any atom is -0.488 e. The van der Waals surface area contributed by atoms with Crippen molar-refractivity contribution < 1.29 is 9.15 Å². The van der Waals surface area contributed by atoms with Crippen LogP contribution < -0.4 is 4.74 Å². The van der Waals surface area contributed by atoms with Gasteiger partial charge in [-0.15, -0.1) is 0 Å². The number of fused-ring (bicyclic) bond motifs is 3. The van der Waals surface area contributed by atoms with Gasteiger partial charge in [-0.2, -0.15) is 0 Å². The van der Waals surface area contributed by atoms with Crippen molar-refractivity contribution in [1.29, 1.82) is 0 Å². The van der Waals surface area contributed by atoms with Crippen LogP contribution in [0.25, 0.3) is 21.9 Å². The van der Waals surface area contributed by atoms with Crippen LogP contribution in [0.5, 0.6) is 5.75 Å². The maximum absolute atomic E-state index is 6.06. The van der Waals surface area contributed by atoms with Crippen molar-refractivity contribution in [3.63, 3.8) is 0 Å². The maximum Gasteiger partial charge on any atom is 0.178 e. The molecule has 1 aromatic heterocycles. The van der Waals surface area contributed by atoms with Gasteiger partial charge < -0.3 is 9.15 Å². The molecule has 0 fully saturated rings. The van der Waals surface area contributed by atoms with Crippen LogP contribution in [0.1, 0.15) is 45.4 Å². The quantitative estimate of drug-likeness (QED) is 0.324. The summed E-state index contributed by atoms with van der Waals surface area (Å²) in [5.74, 6) is 0.813. The van der Waals surface area contributed by atoms with Crippen LogP contribution >= 0.6 is 31.9 Å². The molecule has 0 saturated heterocycles. The van der Waals surface area contributed by atoms with Gasteiger partial charge >= 0.3 is 0 Å². The Bertz CT molecular complexity index is 823. The Balaban J connectivity index is 1.75. The fraction of sp³-hybridized carbons (Fsp3) is 0.400. The third kappa shape index (κ3) is 3.97. The van der Waals surface area contributed by atoms with Crippen molar-refractivity contribution in [1.82, 2.24) is 0 Å². The van der Waals surface area contributed by atoms with E-state index in [4.69, 9.17) is 9.15 Å². The molecular weight excluding hydrogens is 432 g/mol. The molecule has 0 N–H and O–H groups in total. The first-order valence-electron chi connectivity index (χ1n) is 8.63. The maximum atomic E-state index is 6.06. The van der Waals surface area contributed by atoms with E-state index in [1.807, 2.05) is 18.2 Å². The smallest absolute Gasteiger partial charge is 0.178 e. The summed E-state index contributed by atoms with van der Waals surface area (Å²) in [6.07, 6.45) is 7.54. The molecule has 2 aromatic carbocycles. The number of hydrogen-bond acceptors (Lipinski definition) is 2. The lowest BCUT2D eigenvalue weighted by molar-refractivity contribution is 0.302.